The molecule has 2 rings (SSSR count). The van der Waals surface area contributed by atoms with Crippen molar-refractivity contribution in [2.24, 2.45) is 0 Å². The zero-order chi connectivity index (χ0) is 14.6. The van der Waals surface area contributed by atoms with Crippen LogP contribution < -0.4 is 10.1 Å². The van der Waals surface area contributed by atoms with Gasteiger partial charge in [0.05, 0.1) is 11.3 Å². The van der Waals surface area contributed by atoms with E-state index in [9.17, 15) is 13.2 Å². The van der Waals surface area contributed by atoms with Crippen LogP contribution >= 0.6 is 0 Å². The lowest BCUT2D eigenvalue weighted by Gasteiger charge is -2.12. The lowest BCUT2D eigenvalue weighted by molar-refractivity contribution is -0.138. The van der Waals surface area contributed by atoms with Gasteiger partial charge in [-0.2, -0.15) is 18.3 Å². The maximum atomic E-state index is 12.8. The molecular weight excluding hydrogens is 271 g/mol. The Labute approximate surface area is 113 Å². The smallest absolute Gasteiger partial charge is 0.419 e. The normalized spacial score (nSPS) is 11.4. The van der Waals surface area contributed by atoms with E-state index in [1.54, 1.807) is 13.1 Å². The van der Waals surface area contributed by atoms with Crippen LogP contribution in [0.2, 0.25) is 0 Å². The highest BCUT2D eigenvalue weighted by Crippen LogP contribution is 2.37. The molecule has 1 aromatic heterocycles. The van der Waals surface area contributed by atoms with Crippen molar-refractivity contribution in [2.75, 3.05) is 7.05 Å². The number of ether oxygens (including phenoxy) is 1. The predicted octanol–water partition coefficient (Wildman–Crippen LogP) is 3.01. The van der Waals surface area contributed by atoms with Gasteiger partial charge in [0, 0.05) is 12.6 Å². The molecule has 0 spiro atoms. The zero-order valence-electron chi connectivity index (χ0n) is 10.6. The summed E-state index contributed by atoms with van der Waals surface area (Å²) in [6, 6.07) is 8.08. The molecule has 1 N–H and O–H groups in total. The molecule has 0 saturated carbocycles. The van der Waals surface area contributed by atoms with Crippen molar-refractivity contribution in [1.29, 1.82) is 0 Å². The van der Waals surface area contributed by atoms with E-state index in [0.29, 0.717) is 12.2 Å². The second-order valence-electron chi connectivity index (χ2n) is 3.99. The summed E-state index contributed by atoms with van der Waals surface area (Å²) in [5, 5.41) is 10.5. The van der Waals surface area contributed by atoms with Gasteiger partial charge in [0.2, 0.25) is 5.88 Å². The van der Waals surface area contributed by atoms with Crippen LogP contribution in [0, 0.1) is 0 Å². The number of alkyl halides is 3. The van der Waals surface area contributed by atoms with Crippen LogP contribution in [0.5, 0.6) is 11.6 Å². The fourth-order valence-electron chi connectivity index (χ4n) is 1.58. The lowest BCUT2D eigenvalue weighted by atomic mass is 10.2. The van der Waals surface area contributed by atoms with Gasteiger partial charge in [-0.3, -0.25) is 0 Å². The van der Waals surface area contributed by atoms with E-state index in [0.717, 1.165) is 6.07 Å². The Hall–Kier alpha value is -2.15. The van der Waals surface area contributed by atoms with Crippen molar-refractivity contribution >= 4 is 0 Å². The number of nitrogens with one attached hydrogen (secondary N) is 1. The van der Waals surface area contributed by atoms with Crippen LogP contribution in [0.3, 0.4) is 0 Å². The summed E-state index contributed by atoms with van der Waals surface area (Å²) >= 11 is 0. The largest absolute Gasteiger partial charge is 0.437 e. The Balaban J connectivity index is 2.22. The number of aromatic nitrogens is 2. The standard InChI is InChI=1S/C13H12F3N3O/c1-17-8-9-6-7-12(19-18-9)20-11-5-3-2-4-10(11)13(14,15)16/h2-7,17H,8H2,1H3. The van der Waals surface area contributed by atoms with Crippen LogP contribution in [0.25, 0.3) is 0 Å². The SMILES string of the molecule is CNCc1ccc(Oc2ccccc2C(F)(F)F)nn1. The van der Waals surface area contributed by atoms with Crippen LogP contribution in [0.1, 0.15) is 11.3 Å². The van der Waals surface area contributed by atoms with E-state index >= 15 is 0 Å². The minimum atomic E-state index is -4.48. The fraction of sp³-hybridized carbons (Fsp3) is 0.231. The summed E-state index contributed by atoms with van der Waals surface area (Å²) in [6.45, 7) is 0.520. The van der Waals surface area contributed by atoms with Crippen molar-refractivity contribution in [3.63, 3.8) is 0 Å². The van der Waals surface area contributed by atoms with E-state index in [2.05, 4.69) is 15.5 Å². The van der Waals surface area contributed by atoms with Crippen molar-refractivity contribution < 1.29 is 17.9 Å². The number of nitrogens with zero attached hydrogens (tertiary/aromatic N) is 2. The number of para-hydroxylation sites is 1. The molecule has 0 radical (unpaired) electrons. The minimum Gasteiger partial charge on any atom is -0.437 e. The Bertz CT molecular complexity index is 570. The summed E-state index contributed by atoms with van der Waals surface area (Å²) in [7, 11) is 1.76. The van der Waals surface area contributed by atoms with E-state index in [1.807, 2.05) is 0 Å². The molecule has 0 fully saturated rings. The van der Waals surface area contributed by atoms with Crippen LogP contribution in [-0.4, -0.2) is 17.2 Å². The fourth-order valence-corrected chi connectivity index (χ4v) is 1.58. The molecule has 0 atom stereocenters. The summed E-state index contributed by atoms with van der Waals surface area (Å²) < 4.78 is 43.5. The van der Waals surface area contributed by atoms with E-state index in [1.165, 1.54) is 24.3 Å². The highest BCUT2D eigenvalue weighted by atomic mass is 19.4. The topological polar surface area (TPSA) is 47.0 Å². The van der Waals surface area contributed by atoms with Gasteiger partial charge in [-0.25, -0.2) is 0 Å². The van der Waals surface area contributed by atoms with Crippen molar-refractivity contribution in [2.45, 2.75) is 12.7 Å². The molecular formula is C13H12F3N3O. The van der Waals surface area contributed by atoms with Crippen LogP contribution in [0.4, 0.5) is 13.2 Å². The van der Waals surface area contributed by atoms with Crippen LogP contribution in [-0.2, 0) is 12.7 Å². The second kappa shape index (κ2) is 5.87. The molecule has 0 aliphatic rings. The van der Waals surface area contributed by atoms with Crippen molar-refractivity contribution in [3.8, 4) is 11.6 Å². The molecule has 0 amide bonds. The van der Waals surface area contributed by atoms with Gasteiger partial charge in [-0.1, -0.05) is 12.1 Å². The highest BCUT2D eigenvalue weighted by Gasteiger charge is 2.34. The molecule has 0 bridgehead atoms. The Kier molecular flexibility index (Phi) is 4.19. The molecule has 7 heteroatoms. The molecule has 1 aromatic carbocycles. The molecule has 0 saturated heterocycles. The molecule has 0 aliphatic heterocycles. The highest BCUT2D eigenvalue weighted by molar-refractivity contribution is 5.37. The number of halogens is 3. The number of rotatable bonds is 4. The van der Waals surface area contributed by atoms with Crippen molar-refractivity contribution in [1.82, 2.24) is 15.5 Å². The van der Waals surface area contributed by atoms with Gasteiger partial charge in [0.25, 0.3) is 0 Å². The van der Waals surface area contributed by atoms with Gasteiger partial charge in [-0.05, 0) is 25.2 Å². The Morgan fingerprint density at radius 2 is 1.85 bits per heavy atom. The maximum absolute atomic E-state index is 12.8. The molecule has 2 aromatic rings. The third-order valence-electron chi connectivity index (χ3n) is 2.46. The van der Waals surface area contributed by atoms with Gasteiger partial charge in [0.15, 0.2) is 0 Å². The first kappa shape index (κ1) is 14.3. The monoisotopic (exact) mass is 283 g/mol. The van der Waals surface area contributed by atoms with E-state index < -0.39 is 11.7 Å². The van der Waals surface area contributed by atoms with Gasteiger partial charge >= 0.3 is 6.18 Å². The Morgan fingerprint density at radius 1 is 1.10 bits per heavy atom. The molecule has 20 heavy (non-hydrogen) atoms. The molecule has 0 unspecified atom stereocenters. The average molecular weight is 283 g/mol. The summed E-state index contributed by atoms with van der Waals surface area (Å²) in [4.78, 5) is 0. The maximum Gasteiger partial charge on any atom is 0.419 e. The first-order valence-electron chi connectivity index (χ1n) is 5.82. The molecule has 4 nitrogen and oxygen atoms in total. The average Bonchev–Trinajstić information content (AvgIpc) is 2.41. The number of hydrogen-bond donors (Lipinski definition) is 1. The van der Waals surface area contributed by atoms with Crippen LogP contribution in [0.15, 0.2) is 36.4 Å². The lowest BCUT2D eigenvalue weighted by Crippen LogP contribution is -2.09. The third kappa shape index (κ3) is 3.45. The molecule has 0 aliphatic carbocycles. The van der Waals surface area contributed by atoms with Gasteiger partial charge in [-0.15, -0.1) is 5.10 Å². The zero-order valence-corrected chi connectivity index (χ0v) is 10.6. The second-order valence-corrected chi connectivity index (χ2v) is 3.99. The van der Waals surface area contributed by atoms with Gasteiger partial charge < -0.3 is 10.1 Å². The number of benzene rings is 1. The third-order valence-corrected chi connectivity index (χ3v) is 2.46. The first-order valence-corrected chi connectivity index (χ1v) is 5.82. The van der Waals surface area contributed by atoms with E-state index in [-0.39, 0.29) is 11.6 Å². The summed E-state index contributed by atoms with van der Waals surface area (Å²) in [5.74, 6) is -0.280. The summed E-state index contributed by atoms with van der Waals surface area (Å²) in [5.41, 5.74) is -0.176. The molecule has 106 valence electrons. The molecule has 1 heterocycles. The number of hydrogen-bond acceptors (Lipinski definition) is 4. The predicted molar refractivity (Wildman–Crippen MR) is 66.3 cm³/mol. The Morgan fingerprint density at radius 3 is 2.45 bits per heavy atom. The van der Waals surface area contributed by atoms with Gasteiger partial charge in [0.1, 0.15) is 5.75 Å². The summed E-state index contributed by atoms with van der Waals surface area (Å²) in [6.07, 6.45) is -4.48. The van der Waals surface area contributed by atoms with Crippen molar-refractivity contribution in [3.05, 3.63) is 47.7 Å². The minimum absolute atomic E-state index is 0.0153. The first-order chi connectivity index (χ1) is 9.50. The van der Waals surface area contributed by atoms with E-state index in [4.69, 9.17) is 4.74 Å². The quantitative estimate of drug-likeness (QED) is 0.937.